The van der Waals surface area contributed by atoms with Crippen LogP contribution in [0.3, 0.4) is 0 Å². The van der Waals surface area contributed by atoms with Crippen LogP contribution in [-0.2, 0) is 12.4 Å². The third kappa shape index (κ3) is 4.99. The number of aromatic amines is 2. The predicted molar refractivity (Wildman–Crippen MR) is 100 cm³/mol. The van der Waals surface area contributed by atoms with Gasteiger partial charge in [0.1, 0.15) is 0 Å². The molecular formula is C19H12F6N4O3. The smallest absolute Gasteiger partial charge is 0.314 e. The molecule has 2 aromatic carbocycles. The average molecular weight is 458 g/mol. The molecule has 0 aliphatic carbocycles. The molecule has 3 rings (SSSR count). The van der Waals surface area contributed by atoms with Gasteiger partial charge in [-0.1, -0.05) is 0 Å². The van der Waals surface area contributed by atoms with Gasteiger partial charge in [0.05, 0.1) is 11.1 Å². The standard InChI is InChI=1S/C19H12F6N4O3/c20-18(21,22)11-5-1-9(2-6-11)15(30)26-13-14(28-29-17(13)32)27-16(31)10-3-7-12(8-4-10)19(23,24)25/h1-8H,(H,26,30)(H3,27,28,29,31,32). The summed E-state index contributed by atoms with van der Waals surface area (Å²) >= 11 is 0. The Morgan fingerprint density at radius 3 is 1.47 bits per heavy atom. The Morgan fingerprint density at radius 1 is 0.656 bits per heavy atom. The van der Waals surface area contributed by atoms with Crippen LogP contribution in [0, 0.1) is 0 Å². The molecule has 0 spiro atoms. The third-order valence-corrected chi connectivity index (χ3v) is 4.20. The minimum atomic E-state index is -4.59. The summed E-state index contributed by atoms with van der Waals surface area (Å²) < 4.78 is 75.8. The van der Waals surface area contributed by atoms with Crippen LogP contribution in [0.5, 0.6) is 0 Å². The number of nitrogens with one attached hydrogen (secondary N) is 4. The number of rotatable bonds is 4. The molecule has 13 heteroatoms. The molecule has 0 bridgehead atoms. The Morgan fingerprint density at radius 2 is 1.06 bits per heavy atom. The zero-order chi connectivity index (χ0) is 23.7. The van der Waals surface area contributed by atoms with E-state index in [4.69, 9.17) is 0 Å². The number of benzene rings is 2. The highest BCUT2D eigenvalue weighted by Gasteiger charge is 2.31. The van der Waals surface area contributed by atoms with Gasteiger partial charge >= 0.3 is 12.4 Å². The fraction of sp³-hybridized carbons (Fsp3) is 0.105. The third-order valence-electron chi connectivity index (χ3n) is 4.20. The highest BCUT2D eigenvalue weighted by atomic mass is 19.4. The topological polar surface area (TPSA) is 107 Å². The van der Waals surface area contributed by atoms with Crippen LogP contribution in [0.25, 0.3) is 0 Å². The molecule has 2 amide bonds. The number of halogens is 6. The molecule has 1 aromatic heterocycles. The van der Waals surface area contributed by atoms with Crippen LogP contribution >= 0.6 is 0 Å². The summed E-state index contributed by atoms with van der Waals surface area (Å²) in [6.45, 7) is 0. The lowest BCUT2D eigenvalue weighted by Crippen LogP contribution is -2.20. The molecule has 3 aromatic rings. The van der Waals surface area contributed by atoms with E-state index in [-0.39, 0.29) is 16.9 Å². The zero-order valence-corrected chi connectivity index (χ0v) is 15.6. The van der Waals surface area contributed by atoms with E-state index in [2.05, 4.69) is 20.8 Å². The van der Waals surface area contributed by atoms with E-state index in [0.29, 0.717) is 24.3 Å². The number of aromatic nitrogens is 2. The maximum absolute atomic E-state index is 12.6. The number of hydrogen-bond donors (Lipinski definition) is 4. The highest BCUT2D eigenvalue weighted by Crippen LogP contribution is 2.30. The second-order valence-electron chi connectivity index (χ2n) is 6.39. The monoisotopic (exact) mass is 458 g/mol. The van der Waals surface area contributed by atoms with Crippen molar-refractivity contribution in [1.29, 1.82) is 0 Å². The lowest BCUT2D eigenvalue weighted by molar-refractivity contribution is -0.138. The van der Waals surface area contributed by atoms with Crippen molar-refractivity contribution in [2.24, 2.45) is 0 Å². The van der Waals surface area contributed by atoms with Crippen LogP contribution in [0.1, 0.15) is 31.8 Å². The first-order valence-electron chi connectivity index (χ1n) is 8.64. The average Bonchev–Trinajstić information content (AvgIpc) is 3.06. The number of H-pyrrole nitrogens is 2. The van der Waals surface area contributed by atoms with Crippen molar-refractivity contribution in [1.82, 2.24) is 10.2 Å². The van der Waals surface area contributed by atoms with E-state index in [0.717, 1.165) is 24.3 Å². The van der Waals surface area contributed by atoms with Gasteiger partial charge in [0.25, 0.3) is 17.4 Å². The van der Waals surface area contributed by atoms with Gasteiger partial charge in [0.2, 0.25) is 0 Å². The Kier molecular flexibility index (Phi) is 5.84. The van der Waals surface area contributed by atoms with Crippen molar-refractivity contribution in [3.05, 3.63) is 81.1 Å². The van der Waals surface area contributed by atoms with Gasteiger partial charge in [-0.2, -0.15) is 26.3 Å². The molecule has 7 nitrogen and oxygen atoms in total. The van der Waals surface area contributed by atoms with Crippen molar-refractivity contribution in [2.75, 3.05) is 10.6 Å². The predicted octanol–water partition coefficient (Wildman–Crippen LogP) is 4.25. The van der Waals surface area contributed by atoms with Gasteiger partial charge < -0.3 is 10.6 Å². The summed E-state index contributed by atoms with van der Waals surface area (Å²) in [5, 5.41) is 8.77. The van der Waals surface area contributed by atoms with E-state index in [9.17, 15) is 40.7 Å². The van der Waals surface area contributed by atoms with Crippen LogP contribution < -0.4 is 16.2 Å². The zero-order valence-electron chi connectivity index (χ0n) is 15.6. The minimum Gasteiger partial charge on any atom is -0.314 e. The van der Waals surface area contributed by atoms with E-state index < -0.39 is 46.5 Å². The highest BCUT2D eigenvalue weighted by molar-refractivity contribution is 6.09. The first-order chi connectivity index (χ1) is 14.9. The number of carbonyl (C=O) groups is 2. The van der Waals surface area contributed by atoms with Crippen LogP contribution in [0.2, 0.25) is 0 Å². The Balaban J connectivity index is 1.75. The fourth-order valence-electron chi connectivity index (χ4n) is 2.56. The fourth-order valence-corrected chi connectivity index (χ4v) is 2.56. The van der Waals surface area contributed by atoms with Crippen molar-refractivity contribution < 1.29 is 35.9 Å². The molecule has 0 aliphatic rings. The molecular weight excluding hydrogens is 446 g/mol. The second-order valence-corrected chi connectivity index (χ2v) is 6.39. The van der Waals surface area contributed by atoms with Gasteiger partial charge in [0.15, 0.2) is 11.5 Å². The van der Waals surface area contributed by atoms with E-state index in [1.807, 2.05) is 0 Å². The quantitative estimate of drug-likeness (QED) is 0.439. The lowest BCUT2D eigenvalue weighted by atomic mass is 10.1. The number of hydrogen-bond acceptors (Lipinski definition) is 3. The Bertz CT molecular complexity index is 1190. The molecule has 1 heterocycles. The minimum absolute atomic E-state index is 0.167. The summed E-state index contributed by atoms with van der Waals surface area (Å²) in [6, 6.07) is 6.41. The Labute approximate surface area is 174 Å². The maximum atomic E-state index is 12.6. The van der Waals surface area contributed by atoms with Gasteiger partial charge in [-0.3, -0.25) is 24.6 Å². The molecule has 0 aliphatic heterocycles. The van der Waals surface area contributed by atoms with Crippen LogP contribution in [0.4, 0.5) is 37.8 Å². The van der Waals surface area contributed by atoms with Crippen LogP contribution in [-0.4, -0.2) is 22.0 Å². The molecule has 0 saturated heterocycles. The van der Waals surface area contributed by atoms with Gasteiger partial charge in [0, 0.05) is 11.1 Å². The summed E-state index contributed by atoms with van der Waals surface area (Å²) in [5.41, 5.74) is -3.62. The van der Waals surface area contributed by atoms with Gasteiger partial charge in [-0.05, 0) is 48.5 Å². The molecule has 4 N–H and O–H groups in total. The molecule has 0 unspecified atom stereocenters. The molecule has 0 fully saturated rings. The maximum Gasteiger partial charge on any atom is 0.416 e. The lowest BCUT2D eigenvalue weighted by Gasteiger charge is -2.10. The Hall–Kier alpha value is -4.03. The first kappa shape index (κ1) is 22.7. The molecule has 0 saturated carbocycles. The van der Waals surface area contributed by atoms with E-state index in [1.165, 1.54) is 0 Å². The molecule has 32 heavy (non-hydrogen) atoms. The summed E-state index contributed by atoms with van der Waals surface area (Å²) in [4.78, 5) is 36.5. The summed E-state index contributed by atoms with van der Waals surface area (Å²) in [6.07, 6.45) is -9.18. The molecule has 0 atom stereocenters. The van der Waals surface area contributed by atoms with Crippen molar-refractivity contribution in [2.45, 2.75) is 12.4 Å². The SMILES string of the molecule is O=C(Nc1[nH][nH]c(=O)c1NC(=O)c1ccc(C(F)(F)F)cc1)c1ccc(C(F)(F)F)cc1. The van der Waals surface area contributed by atoms with Crippen LogP contribution in [0.15, 0.2) is 53.3 Å². The molecule has 0 radical (unpaired) electrons. The summed E-state index contributed by atoms with van der Waals surface area (Å²) in [5.74, 6) is -2.13. The van der Waals surface area contributed by atoms with Crippen molar-refractivity contribution in [3.8, 4) is 0 Å². The number of carbonyl (C=O) groups excluding carboxylic acids is 2. The second kappa shape index (κ2) is 8.24. The number of alkyl halides is 6. The summed E-state index contributed by atoms with van der Waals surface area (Å²) in [7, 11) is 0. The normalized spacial score (nSPS) is 11.8. The number of amides is 2. The van der Waals surface area contributed by atoms with Gasteiger partial charge in [-0.15, -0.1) is 0 Å². The van der Waals surface area contributed by atoms with E-state index in [1.54, 1.807) is 0 Å². The van der Waals surface area contributed by atoms with Gasteiger partial charge in [-0.25, -0.2) is 0 Å². The first-order valence-corrected chi connectivity index (χ1v) is 8.64. The molecule has 168 valence electrons. The largest absolute Gasteiger partial charge is 0.416 e. The van der Waals surface area contributed by atoms with Crippen molar-refractivity contribution >= 4 is 23.3 Å². The number of anilines is 2. The van der Waals surface area contributed by atoms with Crippen molar-refractivity contribution in [3.63, 3.8) is 0 Å². The van der Waals surface area contributed by atoms with E-state index >= 15 is 0 Å².